The fraction of sp³-hybridized carbons (Fsp3) is 0.500. The molecule has 4 nitrogen and oxygen atoms in total. The Bertz CT molecular complexity index is 494. The Balaban J connectivity index is 1.96. The number of hydrogen-bond donors (Lipinski definition) is 1. The van der Waals surface area contributed by atoms with Crippen molar-refractivity contribution in [3.8, 4) is 6.07 Å². The smallest absolute Gasteiger partial charge is 0.225 e. The van der Waals surface area contributed by atoms with Crippen molar-refractivity contribution in [3.63, 3.8) is 0 Å². The summed E-state index contributed by atoms with van der Waals surface area (Å²) in [5.41, 5.74) is 7.32. The molecule has 106 valence electrons. The van der Waals surface area contributed by atoms with Crippen LogP contribution in [0.5, 0.6) is 0 Å². The van der Waals surface area contributed by atoms with Gasteiger partial charge in [0.05, 0.1) is 6.07 Å². The van der Waals surface area contributed by atoms with Crippen LogP contribution in [0.4, 0.5) is 0 Å². The largest absolute Gasteiger partial charge is 0.327 e. The quantitative estimate of drug-likeness (QED) is 0.910. The molecule has 1 heterocycles. The number of amides is 1. The third-order valence-corrected chi connectivity index (χ3v) is 4.10. The molecule has 1 aliphatic rings. The van der Waals surface area contributed by atoms with Gasteiger partial charge in [0, 0.05) is 19.0 Å². The Labute approximate surface area is 120 Å². The van der Waals surface area contributed by atoms with Gasteiger partial charge in [-0.05, 0) is 24.3 Å². The summed E-state index contributed by atoms with van der Waals surface area (Å²) >= 11 is 0. The molecule has 1 saturated heterocycles. The van der Waals surface area contributed by atoms with E-state index in [1.807, 2.05) is 37.3 Å². The van der Waals surface area contributed by atoms with Crippen molar-refractivity contribution in [2.24, 2.45) is 5.73 Å². The molecule has 0 unspecified atom stereocenters. The Morgan fingerprint density at radius 1 is 1.50 bits per heavy atom. The van der Waals surface area contributed by atoms with Crippen LogP contribution in [0.1, 0.15) is 37.7 Å². The highest BCUT2D eigenvalue weighted by atomic mass is 16.2. The van der Waals surface area contributed by atoms with Crippen molar-refractivity contribution in [3.05, 3.63) is 35.9 Å². The molecule has 0 saturated carbocycles. The van der Waals surface area contributed by atoms with E-state index in [1.165, 1.54) is 0 Å². The first-order valence-electron chi connectivity index (χ1n) is 7.13. The van der Waals surface area contributed by atoms with Gasteiger partial charge in [0.2, 0.25) is 5.91 Å². The summed E-state index contributed by atoms with van der Waals surface area (Å²) in [6.45, 7) is 2.72. The number of nitrogens with zero attached hydrogens (tertiary/aromatic N) is 2. The van der Waals surface area contributed by atoms with Crippen LogP contribution in [0.3, 0.4) is 0 Å². The van der Waals surface area contributed by atoms with Gasteiger partial charge in [-0.2, -0.15) is 5.26 Å². The second-order valence-corrected chi connectivity index (χ2v) is 5.44. The summed E-state index contributed by atoms with van der Waals surface area (Å²) in [5, 5.41) is 9.03. The number of benzene rings is 1. The zero-order valence-electron chi connectivity index (χ0n) is 11.8. The number of rotatable bonds is 4. The van der Waals surface area contributed by atoms with Crippen LogP contribution in [-0.4, -0.2) is 29.4 Å². The van der Waals surface area contributed by atoms with E-state index in [-0.39, 0.29) is 23.9 Å². The van der Waals surface area contributed by atoms with E-state index in [4.69, 9.17) is 11.0 Å². The molecule has 3 atom stereocenters. The average Bonchev–Trinajstić information content (AvgIpc) is 2.95. The molecule has 20 heavy (non-hydrogen) atoms. The molecular weight excluding hydrogens is 250 g/mol. The van der Waals surface area contributed by atoms with Crippen molar-refractivity contribution in [1.29, 1.82) is 5.26 Å². The molecule has 2 N–H and O–H groups in total. The normalized spacial score (nSPS) is 21.2. The third-order valence-electron chi connectivity index (χ3n) is 4.10. The van der Waals surface area contributed by atoms with Crippen molar-refractivity contribution in [2.75, 3.05) is 6.54 Å². The van der Waals surface area contributed by atoms with E-state index >= 15 is 0 Å². The molecular formula is C16H21N3O. The number of likely N-dealkylation sites (tertiary alicyclic amines) is 1. The van der Waals surface area contributed by atoms with E-state index < -0.39 is 0 Å². The van der Waals surface area contributed by atoms with Crippen LogP contribution >= 0.6 is 0 Å². The second-order valence-electron chi connectivity index (χ2n) is 5.44. The van der Waals surface area contributed by atoms with Gasteiger partial charge in [-0.1, -0.05) is 37.3 Å². The van der Waals surface area contributed by atoms with Gasteiger partial charge in [0.15, 0.2) is 0 Å². The van der Waals surface area contributed by atoms with Gasteiger partial charge in [0.1, 0.15) is 6.04 Å². The number of hydrogen-bond acceptors (Lipinski definition) is 3. The van der Waals surface area contributed by atoms with Gasteiger partial charge in [-0.15, -0.1) is 0 Å². The van der Waals surface area contributed by atoms with Crippen LogP contribution in [0.15, 0.2) is 30.3 Å². The van der Waals surface area contributed by atoms with E-state index in [2.05, 4.69) is 6.07 Å². The predicted octanol–water partition coefficient (Wildman–Crippen LogP) is 2.02. The monoisotopic (exact) mass is 271 g/mol. The molecule has 1 amide bonds. The minimum Gasteiger partial charge on any atom is -0.327 e. The topological polar surface area (TPSA) is 70.1 Å². The summed E-state index contributed by atoms with van der Waals surface area (Å²) in [7, 11) is 0. The Kier molecular flexibility index (Phi) is 4.75. The van der Waals surface area contributed by atoms with Crippen LogP contribution in [0, 0.1) is 11.3 Å². The highest BCUT2D eigenvalue weighted by Crippen LogP contribution is 2.22. The van der Waals surface area contributed by atoms with Crippen LogP contribution < -0.4 is 5.73 Å². The van der Waals surface area contributed by atoms with Crippen LogP contribution in [-0.2, 0) is 4.79 Å². The molecule has 2 rings (SSSR count). The zero-order valence-corrected chi connectivity index (χ0v) is 11.8. The maximum absolute atomic E-state index is 12.3. The summed E-state index contributed by atoms with van der Waals surface area (Å²) in [6.07, 6.45) is 1.99. The first kappa shape index (κ1) is 14.5. The molecule has 4 heteroatoms. The average molecular weight is 271 g/mol. The molecule has 0 aromatic heterocycles. The van der Waals surface area contributed by atoms with Crippen LogP contribution in [0.2, 0.25) is 0 Å². The first-order valence-corrected chi connectivity index (χ1v) is 7.13. The lowest BCUT2D eigenvalue weighted by Crippen LogP contribution is -2.39. The number of nitriles is 1. The first-order chi connectivity index (χ1) is 9.63. The van der Waals surface area contributed by atoms with Gasteiger partial charge in [-0.3, -0.25) is 4.79 Å². The van der Waals surface area contributed by atoms with Gasteiger partial charge >= 0.3 is 0 Å². The predicted molar refractivity (Wildman–Crippen MR) is 77.8 cm³/mol. The number of carbonyl (C=O) groups excluding carboxylic acids is 1. The van der Waals surface area contributed by atoms with Gasteiger partial charge in [0.25, 0.3) is 0 Å². The summed E-state index contributed by atoms with van der Waals surface area (Å²) < 4.78 is 0. The van der Waals surface area contributed by atoms with Crippen molar-refractivity contribution < 1.29 is 4.79 Å². The number of nitrogens with two attached hydrogens (primary N) is 1. The molecule has 0 radical (unpaired) electrons. The Morgan fingerprint density at radius 2 is 2.20 bits per heavy atom. The molecule has 1 aromatic rings. The highest BCUT2D eigenvalue weighted by molar-refractivity contribution is 5.78. The van der Waals surface area contributed by atoms with E-state index in [0.717, 1.165) is 18.4 Å². The summed E-state index contributed by atoms with van der Waals surface area (Å²) in [6, 6.07) is 11.7. The molecule has 1 fully saturated rings. The van der Waals surface area contributed by atoms with Gasteiger partial charge < -0.3 is 10.6 Å². The molecule has 0 aliphatic carbocycles. The highest BCUT2D eigenvalue weighted by Gasteiger charge is 2.30. The van der Waals surface area contributed by atoms with E-state index in [9.17, 15) is 4.79 Å². The Hall–Kier alpha value is -1.86. The summed E-state index contributed by atoms with van der Waals surface area (Å²) in [4.78, 5) is 13.9. The fourth-order valence-corrected chi connectivity index (χ4v) is 2.70. The maximum atomic E-state index is 12.3. The van der Waals surface area contributed by atoms with Crippen molar-refractivity contribution in [1.82, 2.24) is 4.90 Å². The minimum atomic E-state index is -0.262. The minimum absolute atomic E-state index is 0.00401. The van der Waals surface area contributed by atoms with E-state index in [1.54, 1.807) is 4.90 Å². The lowest BCUT2D eigenvalue weighted by molar-refractivity contribution is -0.131. The van der Waals surface area contributed by atoms with Crippen molar-refractivity contribution in [2.45, 2.75) is 44.2 Å². The maximum Gasteiger partial charge on any atom is 0.225 e. The van der Waals surface area contributed by atoms with Crippen molar-refractivity contribution >= 4 is 5.91 Å². The lowest BCUT2D eigenvalue weighted by Gasteiger charge is -2.24. The fourth-order valence-electron chi connectivity index (χ4n) is 2.70. The standard InChI is InChI=1S/C16H21N3O/c1-12(13-6-3-2-4-7-13)15(18)10-16(20)19-9-5-8-14(19)11-17/h2-4,6-7,12,14-15H,5,8-10,18H2,1H3/t12-,14+,15+/m1/s1. The number of carbonyl (C=O) groups is 1. The van der Waals surface area contributed by atoms with E-state index in [0.29, 0.717) is 13.0 Å². The van der Waals surface area contributed by atoms with Gasteiger partial charge in [-0.25, -0.2) is 0 Å². The third kappa shape index (κ3) is 3.17. The molecule has 1 aromatic carbocycles. The molecule has 1 aliphatic heterocycles. The lowest BCUT2D eigenvalue weighted by atomic mass is 9.91. The second kappa shape index (κ2) is 6.53. The molecule has 0 spiro atoms. The summed E-state index contributed by atoms with van der Waals surface area (Å²) in [5.74, 6) is 0.132. The SMILES string of the molecule is C[C@H](c1ccccc1)[C@@H](N)CC(=O)N1CCC[C@H]1C#N. The molecule has 0 bridgehead atoms. The Morgan fingerprint density at radius 3 is 2.85 bits per heavy atom. The zero-order chi connectivity index (χ0) is 14.5. The van der Waals surface area contributed by atoms with Crippen LogP contribution in [0.25, 0.3) is 0 Å².